The van der Waals surface area contributed by atoms with Crippen LogP contribution in [0.4, 0.5) is 0 Å². The minimum absolute atomic E-state index is 0.158. The first kappa shape index (κ1) is 16.2. The van der Waals surface area contributed by atoms with Crippen LogP contribution >= 0.6 is 11.3 Å². The molecule has 1 N–H and O–H groups in total. The second-order valence-corrected chi connectivity index (χ2v) is 8.54. The third-order valence-electron chi connectivity index (χ3n) is 3.70. The standard InChI is InChI=1S/C14H17N3O4S2/c1-10-15-9-13(22-10)23(19,20)16-11-4-6-17(7-5-11)14(18)12-3-2-8-21-12/h2-3,8-9,11,16H,4-7H2,1H3. The summed E-state index contributed by atoms with van der Waals surface area (Å²) >= 11 is 1.15. The summed E-state index contributed by atoms with van der Waals surface area (Å²) in [5, 5.41) is 0.712. The molecule has 124 valence electrons. The quantitative estimate of drug-likeness (QED) is 0.900. The third kappa shape index (κ3) is 3.62. The molecule has 1 saturated heterocycles. The molecule has 9 heteroatoms. The molecular weight excluding hydrogens is 338 g/mol. The maximum absolute atomic E-state index is 12.3. The van der Waals surface area contributed by atoms with Crippen molar-refractivity contribution in [3.05, 3.63) is 35.4 Å². The van der Waals surface area contributed by atoms with E-state index in [0.717, 1.165) is 11.3 Å². The lowest BCUT2D eigenvalue weighted by Crippen LogP contribution is -2.46. The molecule has 2 aromatic heterocycles. The fourth-order valence-electron chi connectivity index (χ4n) is 2.50. The van der Waals surface area contributed by atoms with Gasteiger partial charge in [-0.25, -0.2) is 18.1 Å². The van der Waals surface area contributed by atoms with Crippen LogP contribution in [0.5, 0.6) is 0 Å². The normalized spacial score (nSPS) is 16.7. The maximum atomic E-state index is 12.3. The second kappa shape index (κ2) is 6.42. The average molecular weight is 355 g/mol. The van der Waals surface area contributed by atoms with Crippen molar-refractivity contribution in [1.29, 1.82) is 0 Å². The molecule has 1 aliphatic heterocycles. The molecule has 1 amide bonds. The van der Waals surface area contributed by atoms with Crippen LogP contribution in [0.3, 0.4) is 0 Å². The minimum Gasteiger partial charge on any atom is -0.459 e. The molecule has 23 heavy (non-hydrogen) atoms. The van der Waals surface area contributed by atoms with Gasteiger partial charge in [-0.3, -0.25) is 4.79 Å². The Morgan fingerprint density at radius 1 is 1.43 bits per heavy atom. The highest BCUT2D eigenvalue weighted by Crippen LogP contribution is 2.20. The lowest BCUT2D eigenvalue weighted by molar-refractivity contribution is 0.0679. The van der Waals surface area contributed by atoms with Gasteiger partial charge in [-0.2, -0.15) is 0 Å². The van der Waals surface area contributed by atoms with Crippen molar-refractivity contribution in [2.75, 3.05) is 13.1 Å². The van der Waals surface area contributed by atoms with Crippen LogP contribution < -0.4 is 4.72 Å². The summed E-state index contributed by atoms with van der Waals surface area (Å²) < 4.78 is 32.6. The summed E-state index contributed by atoms with van der Waals surface area (Å²) in [5.74, 6) is 0.151. The number of amides is 1. The summed E-state index contributed by atoms with van der Waals surface area (Å²) in [4.78, 5) is 17.8. The van der Waals surface area contributed by atoms with Crippen molar-refractivity contribution in [1.82, 2.24) is 14.6 Å². The van der Waals surface area contributed by atoms with Gasteiger partial charge < -0.3 is 9.32 Å². The van der Waals surface area contributed by atoms with E-state index >= 15 is 0 Å². The van der Waals surface area contributed by atoms with E-state index in [1.165, 1.54) is 12.5 Å². The molecule has 1 aliphatic rings. The molecule has 0 aliphatic carbocycles. The van der Waals surface area contributed by atoms with Gasteiger partial charge in [-0.05, 0) is 31.9 Å². The third-order valence-corrected chi connectivity index (χ3v) is 6.60. The summed E-state index contributed by atoms with van der Waals surface area (Å²) in [5.41, 5.74) is 0. The molecule has 0 aromatic carbocycles. The van der Waals surface area contributed by atoms with Crippen molar-refractivity contribution in [2.45, 2.75) is 30.0 Å². The lowest BCUT2D eigenvalue weighted by atomic mass is 10.1. The Bertz CT molecular complexity index is 775. The van der Waals surface area contributed by atoms with Gasteiger partial charge in [0.15, 0.2) is 9.97 Å². The molecule has 0 bridgehead atoms. The molecule has 0 unspecified atom stereocenters. The topological polar surface area (TPSA) is 92.5 Å². The number of aryl methyl sites for hydroxylation is 1. The van der Waals surface area contributed by atoms with Crippen LogP contribution in [0.25, 0.3) is 0 Å². The Hall–Kier alpha value is -1.71. The maximum Gasteiger partial charge on any atom is 0.289 e. The Balaban J connectivity index is 1.58. The number of nitrogens with one attached hydrogen (secondary N) is 1. The Morgan fingerprint density at radius 2 is 2.17 bits per heavy atom. The summed E-state index contributed by atoms with van der Waals surface area (Å²) in [6, 6.07) is 3.12. The van der Waals surface area contributed by atoms with Crippen molar-refractivity contribution in [3.8, 4) is 0 Å². The predicted molar refractivity (Wildman–Crippen MR) is 84.8 cm³/mol. The highest BCUT2D eigenvalue weighted by molar-refractivity contribution is 7.91. The first-order chi connectivity index (χ1) is 11.0. The number of carbonyl (C=O) groups excluding carboxylic acids is 1. The SMILES string of the molecule is Cc1ncc(S(=O)(=O)NC2CCN(C(=O)c3ccco3)CC2)s1. The fraction of sp³-hybridized carbons (Fsp3) is 0.429. The van der Waals surface area contributed by atoms with Crippen LogP contribution in [0, 0.1) is 6.92 Å². The Kier molecular flexibility index (Phi) is 4.51. The molecule has 3 heterocycles. The van der Waals surface area contributed by atoms with Gasteiger partial charge in [0.1, 0.15) is 0 Å². The van der Waals surface area contributed by atoms with Crippen LogP contribution in [-0.2, 0) is 10.0 Å². The first-order valence-electron chi connectivity index (χ1n) is 7.23. The second-order valence-electron chi connectivity index (χ2n) is 5.36. The minimum atomic E-state index is -3.54. The molecule has 7 nitrogen and oxygen atoms in total. The number of nitrogens with zero attached hydrogens (tertiary/aromatic N) is 2. The fourth-order valence-corrected chi connectivity index (χ4v) is 4.93. The van der Waals surface area contributed by atoms with Gasteiger partial charge in [0.25, 0.3) is 15.9 Å². The van der Waals surface area contributed by atoms with Gasteiger partial charge in [0.05, 0.1) is 17.5 Å². The van der Waals surface area contributed by atoms with Crippen molar-refractivity contribution in [2.24, 2.45) is 0 Å². The summed E-state index contributed by atoms with van der Waals surface area (Å²) in [6.07, 6.45) is 3.98. The van der Waals surface area contributed by atoms with E-state index < -0.39 is 10.0 Å². The number of hydrogen-bond acceptors (Lipinski definition) is 6. The van der Waals surface area contributed by atoms with E-state index in [0.29, 0.717) is 36.7 Å². The van der Waals surface area contributed by atoms with Crippen LogP contribution in [0.1, 0.15) is 28.4 Å². The zero-order valence-electron chi connectivity index (χ0n) is 12.6. The smallest absolute Gasteiger partial charge is 0.289 e. The van der Waals surface area contributed by atoms with E-state index in [1.807, 2.05) is 0 Å². The zero-order valence-corrected chi connectivity index (χ0v) is 14.2. The van der Waals surface area contributed by atoms with E-state index in [9.17, 15) is 13.2 Å². The highest BCUT2D eigenvalue weighted by atomic mass is 32.2. The van der Waals surface area contributed by atoms with Crippen LogP contribution in [-0.4, -0.2) is 43.3 Å². The molecule has 3 rings (SSSR count). The number of rotatable bonds is 4. The monoisotopic (exact) mass is 355 g/mol. The van der Waals surface area contributed by atoms with Gasteiger partial charge >= 0.3 is 0 Å². The van der Waals surface area contributed by atoms with Crippen molar-refractivity contribution in [3.63, 3.8) is 0 Å². The molecule has 0 atom stereocenters. The number of carbonyl (C=O) groups is 1. The molecule has 0 saturated carbocycles. The van der Waals surface area contributed by atoms with Crippen LogP contribution in [0.15, 0.2) is 33.2 Å². The van der Waals surface area contributed by atoms with Crippen molar-refractivity contribution >= 4 is 27.3 Å². The van der Waals surface area contributed by atoms with Gasteiger partial charge in [0, 0.05) is 19.1 Å². The lowest BCUT2D eigenvalue weighted by Gasteiger charge is -2.31. The average Bonchev–Trinajstić information content (AvgIpc) is 3.18. The Labute approximate surface area is 138 Å². The summed E-state index contributed by atoms with van der Waals surface area (Å²) in [7, 11) is -3.54. The van der Waals surface area contributed by atoms with E-state index in [4.69, 9.17) is 4.42 Å². The number of furan rings is 1. The number of likely N-dealkylation sites (tertiary alicyclic amines) is 1. The Morgan fingerprint density at radius 3 is 2.74 bits per heavy atom. The van der Waals surface area contributed by atoms with Crippen LogP contribution in [0.2, 0.25) is 0 Å². The molecule has 0 spiro atoms. The van der Waals surface area contributed by atoms with Gasteiger partial charge in [0.2, 0.25) is 0 Å². The first-order valence-corrected chi connectivity index (χ1v) is 9.53. The molecule has 0 radical (unpaired) electrons. The molecular formula is C14H17N3O4S2. The number of aromatic nitrogens is 1. The van der Waals surface area contributed by atoms with E-state index in [-0.39, 0.29) is 16.2 Å². The van der Waals surface area contributed by atoms with Gasteiger partial charge in [-0.1, -0.05) is 0 Å². The number of piperidine rings is 1. The van der Waals surface area contributed by atoms with E-state index in [1.54, 1.807) is 24.0 Å². The number of thiazole rings is 1. The molecule has 2 aromatic rings. The van der Waals surface area contributed by atoms with Crippen molar-refractivity contribution < 1.29 is 17.6 Å². The predicted octanol–water partition coefficient (Wildman–Crippen LogP) is 1.63. The van der Waals surface area contributed by atoms with E-state index in [2.05, 4.69) is 9.71 Å². The largest absolute Gasteiger partial charge is 0.459 e. The zero-order chi connectivity index (χ0) is 16.4. The molecule has 1 fully saturated rings. The number of sulfonamides is 1. The summed E-state index contributed by atoms with van der Waals surface area (Å²) in [6.45, 7) is 2.76. The number of hydrogen-bond donors (Lipinski definition) is 1. The van der Waals surface area contributed by atoms with Gasteiger partial charge in [-0.15, -0.1) is 11.3 Å². The highest BCUT2D eigenvalue weighted by Gasteiger charge is 2.28.